The molecular weight excluding hydrogens is 649 g/mol. The molecule has 10 atom stereocenters. The van der Waals surface area contributed by atoms with E-state index in [4.69, 9.17) is 82.8 Å². The largest absolute Gasteiger partial charge is 0.497 e. The molecule has 0 unspecified atom stereocenters. The number of rotatable bonds is 10. The minimum Gasteiger partial charge on any atom is -0.497 e. The van der Waals surface area contributed by atoms with Crippen molar-refractivity contribution in [2.45, 2.75) is 106 Å². The first-order valence-corrected chi connectivity index (χ1v) is 14.8. The molecule has 2 N–H and O–H groups in total. The van der Waals surface area contributed by atoms with E-state index < -0.39 is 82.5 Å². The van der Waals surface area contributed by atoms with Gasteiger partial charge in [0.05, 0.1) is 25.9 Å². The number of ether oxygens (including phenoxy) is 9. The predicted molar refractivity (Wildman–Crippen MR) is 157 cm³/mol. The highest BCUT2D eigenvalue weighted by molar-refractivity contribution is 6.76. The van der Waals surface area contributed by atoms with Crippen molar-refractivity contribution in [2.24, 2.45) is 0 Å². The molecule has 1 aromatic rings. The van der Waals surface area contributed by atoms with Crippen molar-refractivity contribution in [3.05, 3.63) is 29.8 Å². The van der Waals surface area contributed by atoms with E-state index in [1.165, 1.54) is 21.0 Å². The zero-order chi connectivity index (χ0) is 33.0. The molecule has 248 valence electrons. The summed E-state index contributed by atoms with van der Waals surface area (Å²) in [6.07, 6.45) is -10.4. The number of carbonyl (C=O) groups is 2. The summed E-state index contributed by atoms with van der Waals surface area (Å²) in [7, 11) is 2.94. The van der Waals surface area contributed by atoms with Gasteiger partial charge in [-0.25, -0.2) is 0 Å². The number of halogens is 3. The zero-order valence-corrected chi connectivity index (χ0v) is 27.6. The zero-order valence-electron chi connectivity index (χ0n) is 25.3. The molecule has 0 amide bonds. The van der Waals surface area contributed by atoms with Crippen LogP contribution in [0, 0.1) is 5.41 Å². The highest BCUT2D eigenvalue weighted by Crippen LogP contribution is 2.39. The average molecular weight is 687 g/mol. The van der Waals surface area contributed by atoms with Crippen LogP contribution >= 0.6 is 34.8 Å². The van der Waals surface area contributed by atoms with Gasteiger partial charge >= 0.3 is 11.9 Å². The van der Waals surface area contributed by atoms with E-state index in [2.05, 4.69) is 0 Å². The van der Waals surface area contributed by atoms with Crippen LogP contribution in [-0.2, 0) is 54.1 Å². The van der Waals surface area contributed by atoms with Crippen molar-refractivity contribution in [3.8, 4) is 5.75 Å². The minimum absolute atomic E-state index is 0.1000. The topological polar surface area (TPSA) is 161 Å². The van der Waals surface area contributed by atoms with Gasteiger partial charge < -0.3 is 47.7 Å². The van der Waals surface area contributed by atoms with Crippen molar-refractivity contribution in [1.29, 1.82) is 5.41 Å². The fourth-order valence-electron chi connectivity index (χ4n) is 5.14. The third kappa shape index (κ3) is 8.86. The Morgan fingerprint density at radius 1 is 0.909 bits per heavy atom. The molecular formula is C28H38Cl3NO12. The Bertz CT molecular complexity index is 1150. The van der Waals surface area contributed by atoms with Crippen LogP contribution in [0.4, 0.5) is 0 Å². The number of methoxy groups -OCH3 is 2. The van der Waals surface area contributed by atoms with Crippen molar-refractivity contribution < 1.29 is 57.3 Å². The van der Waals surface area contributed by atoms with Crippen LogP contribution in [0.5, 0.6) is 5.75 Å². The van der Waals surface area contributed by atoms with Crippen LogP contribution in [0.2, 0.25) is 0 Å². The van der Waals surface area contributed by atoms with Gasteiger partial charge in [0.25, 0.3) is 3.79 Å². The number of benzene rings is 1. The molecule has 2 saturated heterocycles. The highest BCUT2D eigenvalue weighted by atomic mass is 35.6. The first kappa shape index (κ1) is 36.5. The summed E-state index contributed by atoms with van der Waals surface area (Å²) in [6, 6.07) is 7.17. The van der Waals surface area contributed by atoms with Crippen molar-refractivity contribution in [3.63, 3.8) is 0 Å². The van der Waals surface area contributed by atoms with E-state index in [0.29, 0.717) is 5.75 Å². The third-order valence-electron chi connectivity index (χ3n) is 7.14. The van der Waals surface area contributed by atoms with Crippen LogP contribution < -0.4 is 4.74 Å². The van der Waals surface area contributed by atoms with Crippen molar-refractivity contribution >= 4 is 52.6 Å². The van der Waals surface area contributed by atoms with Gasteiger partial charge in [0, 0.05) is 21.0 Å². The molecule has 2 heterocycles. The standard InChI is InChI=1S/C28H38Cl3NO12/c1-13-19(37-7)20(21(41-15(3)33)24(39-13)44-26(32)28(29,30)31)43-25-23(42-16(4)34)27(5,35)22(14(2)40-25)38-12-17-8-10-18(36-6)11-9-17/h8-11,13-14,19-25,32,35H,12H2,1-7H3/t13-,14-,19+,20+,21-,22-,23-,24-,25+,27+/m1/s1. The number of alkyl halides is 3. The molecule has 2 aliphatic rings. The molecule has 0 radical (unpaired) electrons. The summed E-state index contributed by atoms with van der Waals surface area (Å²) in [5, 5.41) is 19.8. The second-order valence-corrected chi connectivity index (χ2v) is 12.9. The molecule has 16 heteroatoms. The van der Waals surface area contributed by atoms with Gasteiger partial charge in [-0.2, -0.15) is 0 Å². The van der Waals surface area contributed by atoms with Crippen molar-refractivity contribution in [1.82, 2.24) is 0 Å². The van der Waals surface area contributed by atoms with Gasteiger partial charge in [-0.1, -0.05) is 46.9 Å². The van der Waals surface area contributed by atoms with Gasteiger partial charge in [0.15, 0.2) is 18.5 Å². The fourth-order valence-corrected chi connectivity index (χ4v) is 5.27. The van der Waals surface area contributed by atoms with Crippen molar-refractivity contribution in [2.75, 3.05) is 14.2 Å². The van der Waals surface area contributed by atoms with Crippen LogP contribution in [0.3, 0.4) is 0 Å². The summed E-state index contributed by atoms with van der Waals surface area (Å²) in [5.41, 5.74) is -1.05. The second kappa shape index (κ2) is 15.1. The summed E-state index contributed by atoms with van der Waals surface area (Å²) in [4.78, 5) is 24.4. The number of aliphatic hydroxyl groups is 1. The number of hydrogen-bond acceptors (Lipinski definition) is 13. The summed E-state index contributed by atoms with van der Waals surface area (Å²) in [6.45, 7) is 7.13. The van der Waals surface area contributed by atoms with Gasteiger partial charge in [-0.05, 0) is 38.5 Å². The lowest BCUT2D eigenvalue weighted by atomic mass is 9.85. The maximum absolute atomic E-state index is 12.2. The Morgan fingerprint density at radius 2 is 1.50 bits per heavy atom. The Morgan fingerprint density at radius 3 is 2.02 bits per heavy atom. The third-order valence-corrected chi connectivity index (χ3v) is 7.66. The lowest BCUT2D eigenvalue weighted by Crippen LogP contribution is -2.69. The number of carbonyl (C=O) groups excluding carboxylic acids is 2. The normalized spacial score (nSPS) is 34.1. The Hall–Kier alpha value is -1.94. The van der Waals surface area contributed by atoms with Gasteiger partial charge in [0.1, 0.15) is 29.7 Å². The molecule has 1 aromatic carbocycles. The number of hydrogen-bond donors (Lipinski definition) is 2. The van der Waals surface area contributed by atoms with Crippen LogP contribution in [0.1, 0.15) is 40.2 Å². The van der Waals surface area contributed by atoms with Crippen LogP contribution in [0.15, 0.2) is 24.3 Å². The van der Waals surface area contributed by atoms with E-state index in [1.54, 1.807) is 33.1 Å². The molecule has 0 spiro atoms. The van der Waals surface area contributed by atoms with Gasteiger partial charge in [-0.3, -0.25) is 15.0 Å². The first-order valence-electron chi connectivity index (χ1n) is 13.6. The second-order valence-electron chi connectivity index (χ2n) is 10.6. The van der Waals surface area contributed by atoms with E-state index in [1.807, 2.05) is 12.1 Å². The first-order chi connectivity index (χ1) is 20.5. The Balaban J connectivity index is 1.92. The van der Waals surface area contributed by atoms with E-state index in [9.17, 15) is 14.7 Å². The van der Waals surface area contributed by atoms with Crippen LogP contribution in [-0.4, -0.2) is 102 Å². The fraction of sp³-hybridized carbons (Fsp3) is 0.679. The Kier molecular flexibility index (Phi) is 12.5. The van der Waals surface area contributed by atoms with E-state index in [0.717, 1.165) is 12.5 Å². The molecule has 3 rings (SSSR count). The SMILES string of the molecule is COc1ccc(CO[C@@H]2[C@@H](C)O[C@@H](O[C@H]3[C@@H](OC)[C@@H](C)O[C@H](OC(=N)C(Cl)(Cl)Cl)[C@@H]3OC(C)=O)[C@@H](OC(C)=O)[C@@]2(C)O)cc1. The molecule has 0 aliphatic carbocycles. The molecule has 2 aliphatic heterocycles. The van der Waals surface area contributed by atoms with Gasteiger partial charge in [-0.15, -0.1) is 0 Å². The molecule has 2 fully saturated rings. The maximum Gasteiger partial charge on any atom is 0.303 e. The summed E-state index contributed by atoms with van der Waals surface area (Å²) < 4.78 is 49.4. The molecule has 13 nitrogen and oxygen atoms in total. The summed E-state index contributed by atoms with van der Waals surface area (Å²) >= 11 is 17.4. The molecule has 44 heavy (non-hydrogen) atoms. The monoisotopic (exact) mass is 685 g/mol. The van der Waals surface area contributed by atoms with E-state index in [-0.39, 0.29) is 6.61 Å². The minimum atomic E-state index is -2.25. The Labute approximate surface area is 270 Å². The maximum atomic E-state index is 12.2. The number of esters is 2. The number of nitrogens with one attached hydrogen (secondary N) is 1. The van der Waals surface area contributed by atoms with Crippen LogP contribution in [0.25, 0.3) is 0 Å². The molecule has 0 saturated carbocycles. The molecule has 0 aromatic heterocycles. The lowest BCUT2D eigenvalue weighted by molar-refractivity contribution is -0.367. The smallest absolute Gasteiger partial charge is 0.303 e. The van der Waals surface area contributed by atoms with Gasteiger partial charge in [0.2, 0.25) is 12.2 Å². The predicted octanol–water partition coefficient (Wildman–Crippen LogP) is 3.45. The quantitative estimate of drug-likeness (QED) is 0.160. The lowest BCUT2D eigenvalue weighted by Gasteiger charge is -2.51. The average Bonchev–Trinajstić information content (AvgIpc) is 2.92. The molecule has 0 bridgehead atoms. The highest BCUT2D eigenvalue weighted by Gasteiger charge is 2.58. The van der Waals surface area contributed by atoms with E-state index >= 15 is 0 Å². The summed E-state index contributed by atoms with van der Waals surface area (Å²) in [5.74, 6) is -1.61.